The highest BCUT2D eigenvalue weighted by Gasteiger charge is 2.15. The number of aryl methyl sites for hydroxylation is 1. The van der Waals surface area contributed by atoms with Crippen LogP contribution in [0.1, 0.15) is 46.8 Å². The molecule has 3 aromatic rings. The molecular weight excluding hydrogens is 454 g/mol. The molecule has 170 valence electrons. The zero-order chi connectivity index (χ0) is 23.6. The minimum atomic E-state index is -0.195. The molecule has 0 aromatic heterocycles. The van der Waals surface area contributed by atoms with Crippen molar-refractivity contribution >= 4 is 52.8 Å². The molecule has 4 nitrogen and oxygen atoms in total. The van der Waals surface area contributed by atoms with E-state index < -0.39 is 0 Å². The molecule has 3 aromatic carbocycles. The number of carbonyl (C=O) groups is 2. The summed E-state index contributed by atoms with van der Waals surface area (Å²) in [6, 6.07) is 20.7. The van der Waals surface area contributed by atoms with Crippen molar-refractivity contribution in [1.82, 2.24) is 0 Å². The molecule has 0 heterocycles. The number of carbonyl (C=O) groups excluding carboxylic acids is 2. The van der Waals surface area contributed by atoms with E-state index in [9.17, 15) is 9.59 Å². The van der Waals surface area contributed by atoms with E-state index in [4.69, 9.17) is 15.8 Å². The van der Waals surface area contributed by atoms with Crippen molar-refractivity contribution in [3.05, 3.63) is 100 Å². The van der Waals surface area contributed by atoms with Gasteiger partial charge in [0, 0.05) is 28.9 Å². The monoisotopic (exact) mass is 479 g/mol. The molecule has 0 atom stereocenters. The molecule has 0 saturated carbocycles. The van der Waals surface area contributed by atoms with Gasteiger partial charge in [-0.05, 0) is 48.7 Å². The summed E-state index contributed by atoms with van der Waals surface area (Å²) in [5, 5.41) is 3.76. The summed E-state index contributed by atoms with van der Waals surface area (Å²) in [6.07, 6.45) is 5.13. The molecule has 0 unspecified atom stereocenters. The largest absolute Gasteiger partial charge is 0.391 e. The summed E-state index contributed by atoms with van der Waals surface area (Å²) in [6.45, 7) is 3.85. The van der Waals surface area contributed by atoms with Gasteiger partial charge in [-0.2, -0.15) is 0 Å². The Bertz CT molecular complexity index is 1160. The fraction of sp³-hybridized carbons (Fsp3) is 0.185. The number of para-hydroxylation sites is 1. The van der Waals surface area contributed by atoms with Crippen molar-refractivity contribution in [2.75, 3.05) is 11.1 Å². The summed E-state index contributed by atoms with van der Waals surface area (Å²) >= 11 is 7.61. The van der Waals surface area contributed by atoms with Gasteiger partial charge in [0.1, 0.15) is 0 Å². The van der Waals surface area contributed by atoms with Crippen molar-refractivity contribution < 1.29 is 13.8 Å². The van der Waals surface area contributed by atoms with E-state index in [1.54, 1.807) is 12.1 Å². The molecule has 0 aliphatic heterocycles. The molecule has 33 heavy (non-hydrogen) atoms. The summed E-state index contributed by atoms with van der Waals surface area (Å²) in [5.74, 6) is 0.273. The van der Waals surface area contributed by atoms with Crippen LogP contribution >= 0.6 is 23.6 Å². The van der Waals surface area contributed by atoms with Crippen molar-refractivity contribution in [3.8, 4) is 0 Å². The Kier molecular flexibility index (Phi) is 9.16. The predicted octanol–water partition coefficient (Wildman–Crippen LogP) is 7.63. The van der Waals surface area contributed by atoms with Crippen LogP contribution in [0.25, 0.3) is 6.08 Å². The number of rotatable bonds is 10. The van der Waals surface area contributed by atoms with Crippen molar-refractivity contribution in [3.63, 3.8) is 0 Å². The van der Waals surface area contributed by atoms with Gasteiger partial charge in [0.15, 0.2) is 5.78 Å². The Hall–Kier alpha value is -3.02. The van der Waals surface area contributed by atoms with Crippen LogP contribution in [0.2, 0.25) is 5.02 Å². The lowest BCUT2D eigenvalue weighted by molar-refractivity contribution is -0.133. The predicted molar refractivity (Wildman–Crippen MR) is 138 cm³/mol. The van der Waals surface area contributed by atoms with Gasteiger partial charge in [-0.3, -0.25) is 9.59 Å². The Balaban J connectivity index is 1.68. The molecule has 0 bridgehead atoms. The first-order valence-corrected chi connectivity index (χ1v) is 12.0. The van der Waals surface area contributed by atoms with Crippen LogP contribution in [0.3, 0.4) is 0 Å². The zero-order valence-electron chi connectivity index (χ0n) is 18.6. The standard InChI is InChI=1S/C27H26ClNO3S/c1-3-9-26(30)32-33-17-8-12-20-11-5-7-14-25(20)29-21-15-16-23(24(28)18-21)27(31)22-13-6-4-10-19(22)2/h4-8,10-16,18,29H,3,9,17H2,1-2H3. The third kappa shape index (κ3) is 6.98. The average Bonchev–Trinajstić information content (AvgIpc) is 2.80. The van der Waals surface area contributed by atoms with Gasteiger partial charge >= 0.3 is 5.97 Å². The van der Waals surface area contributed by atoms with Crippen LogP contribution in [0.5, 0.6) is 0 Å². The van der Waals surface area contributed by atoms with E-state index in [0.717, 1.165) is 41.0 Å². The van der Waals surface area contributed by atoms with Gasteiger partial charge in [0.05, 0.1) is 22.8 Å². The van der Waals surface area contributed by atoms with Crippen molar-refractivity contribution in [2.45, 2.75) is 26.7 Å². The van der Waals surface area contributed by atoms with Crippen LogP contribution in [-0.2, 0) is 8.98 Å². The molecule has 0 spiro atoms. The first kappa shape index (κ1) is 24.6. The van der Waals surface area contributed by atoms with Crippen LogP contribution in [0.15, 0.2) is 72.8 Å². The minimum absolute atomic E-state index is 0.0925. The Morgan fingerprint density at radius 2 is 1.79 bits per heavy atom. The van der Waals surface area contributed by atoms with E-state index in [2.05, 4.69) is 5.32 Å². The Morgan fingerprint density at radius 3 is 2.55 bits per heavy atom. The SMILES string of the molecule is CCCC(=O)OSCC=Cc1ccccc1Nc1ccc(C(=O)c2ccccc2C)c(Cl)c1. The summed E-state index contributed by atoms with van der Waals surface area (Å²) in [4.78, 5) is 24.3. The molecule has 0 aliphatic rings. The third-order valence-corrected chi connectivity index (χ3v) is 5.86. The highest BCUT2D eigenvalue weighted by atomic mass is 35.5. The lowest BCUT2D eigenvalue weighted by atomic mass is 9.99. The van der Waals surface area contributed by atoms with Crippen molar-refractivity contribution in [2.24, 2.45) is 0 Å². The second-order valence-electron chi connectivity index (χ2n) is 7.44. The van der Waals surface area contributed by atoms with Gasteiger partial charge in [0.25, 0.3) is 0 Å². The van der Waals surface area contributed by atoms with Gasteiger partial charge in [-0.15, -0.1) is 0 Å². The summed E-state index contributed by atoms with van der Waals surface area (Å²) in [7, 11) is 0. The first-order valence-electron chi connectivity index (χ1n) is 10.7. The van der Waals surface area contributed by atoms with E-state index >= 15 is 0 Å². The van der Waals surface area contributed by atoms with Gasteiger partial charge in [-0.1, -0.05) is 73.1 Å². The maximum absolute atomic E-state index is 12.9. The third-order valence-electron chi connectivity index (χ3n) is 4.91. The number of hydrogen-bond acceptors (Lipinski definition) is 5. The lowest BCUT2D eigenvalue weighted by Gasteiger charge is -2.12. The number of nitrogens with one attached hydrogen (secondary N) is 1. The Morgan fingerprint density at radius 1 is 1.03 bits per heavy atom. The zero-order valence-corrected chi connectivity index (χ0v) is 20.2. The number of ketones is 1. The van der Waals surface area contributed by atoms with Crippen LogP contribution in [0.4, 0.5) is 11.4 Å². The molecule has 0 aliphatic carbocycles. The fourth-order valence-corrected chi connectivity index (χ4v) is 3.95. The lowest BCUT2D eigenvalue weighted by Crippen LogP contribution is -2.05. The number of benzene rings is 3. The number of halogens is 1. The van der Waals surface area contributed by atoms with E-state index in [1.807, 2.05) is 80.6 Å². The quantitative estimate of drug-likeness (QED) is 0.184. The molecule has 0 fully saturated rings. The Labute approximate surface area is 204 Å². The van der Waals surface area contributed by atoms with E-state index in [-0.39, 0.29) is 11.8 Å². The van der Waals surface area contributed by atoms with Gasteiger partial charge < -0.3 is 9.50 Å². The maximum Gasteiger partial charge on any atom is 0.317 e. The molecule has 6 heteroatoms. The number of hydrogen-bond donors (Lipinski definition) is 1. The number of anilines is 2. The molecule has 3 rings (SSSR count). The van der Waals surface area contributed by atoms with Gasteiger partial charge in [0.2, 0.25) is 0 Å². The van der Waals surface area contributed by atoms with Gasteiger partial charge in [-0.25, -0.2) is 0 Å². The second-order valence-corrected chi connectivity index (χ2v) is 8.59. The fourth-order valence-electron chi connectivity index (χ4n) is 3.22. The molecule has 0 amide bonds. The van der Waals surface area contributed by atoms with E-state index in [0.29, 0.717) is 28.3 Å². The smallest absolute Gasteiger partial charge is 0.317 e. The van der Waals surface area contributed by atoms with E-state index in [1.165, 1.54) is 0 Å². The van der Waals surface area contributed by atoms with Crippen LogP contribution < -0.4 is 5.32 Å². The normalized spacial score (nSPS) is 10.9. The molecular formula is C27H26ClNO3S. The van der Waals surface area contributed by atoms with Crippen molar-refractivity contribution in [1.29, 1.82) is 0 Å². The molecule has 1 N–H and O–H groups in total. The molecule has 0 radical (unpaired) electrons. The summed E-state index contributed by atoms with van der Waals surface area (Å²) < 4.78 is 5.10. The first-order chi connectivity index (χ1) is 16.0. The van der Waals surface area contributed by atoms with Crippen LogP contribution in [0, 0.1) is 6.92 Å². The second kappa shape index (κ2) is 12.3. The topological polar surface area (TPSA) is 55.4 Å². The van der Waals surface area contributed by atoms with Crippen LogP contribution in [-0.4, -0.2) is 17.5 Å². The minimum Gasteiger partial charge on any atom is -0.391 e. The average molecular weight is 480 g/mol. The highest BCUT2D eigenvalue weighted by Crippen LogP contribution is 2.28. The highest BCUT2D eigenvalue weighted by molar-refractivity contribution is 7.95. The summed E-state index contributed by atoms with van der Waals surface area (Å²) in [5.41, 5.74) is 4.70. The maximum atomic E-state index is 12.9. The molecule has 0 saturated heterocycles.